The van der Waals surface area contributed by atoms with Crippen LogP contribution in [-0.4, -0.2) is 83.3 Å². The normalized spacial score (nSPS) is 23.5. The van der Waals surface area contributed by atoms with E-state index in [1.807, 2.05) is 11.8 Å². The third-order valence-corrected chi connectivity index (χ3v) is 8.58. The van der Waals surface area contributed by atoms with Crippen molar-refractivity contribution in [2.75, 3.05) is 32.7 Å². The molecule has 3 atom stereocenters. The van der Waals surface area contributed by atoms with Gasteiger partial charge in [-0.05, 0) is 26.3 Å². The second-order valence-corrected chi connectivity index (χ2v) is 9.98. The molecule has 3 unspecified atom stereocenters. The molecular formula is C19H31N5O4S. The molecule has 2 aliphatic rings. The number of hydrogen-bond donors (Lipinski definition) is 2. The molecule has 0 spiro atoms. The molecular weight excluding hydrogens is 394 g/mol. The molecule has 162 valence electrons. The van der Waals surface area contributed by atoms with Gasteiger partial charge in [0.25, 0.3) is 0 Å². The van der Waals surface area contributed by atoms with Gasteiger partial charge in [0.2, 0.25) is 0 Å². The van der Waals surface area contributed by atoms with E-state index >= 15 is 0 Å². The zero-order valence-corrected chi connectivity index (χ0v) is 17.9. The molecule has 29 heavy (non-hydrogen) atoms. The molecule has 0 aromatic carbocycles. The van der Waals surface area contributed by atoms with Crippen LogP contribution < -0.4 is 5.32 Å². The highest BCUT2D eigenvalue weighted by atomic mass is 32.2. The highest BCUT2D eigenvalue weighted by Crippen LogP contribution is 2.33. The number of hydrogen-bond acceptors (Lipinski definition) is 6. The molecule has 10 heteroatoms. The van der Waals surface area contributed by atoms with Crippen molar-refractivity contribution in [2.24, 2.45) is 7.05 Å². The second kappa shape index (κ2) is 8.85. The first-order valence-electron chi connectivity index (χ1n) is 10.1. The van der Waals surface area contributed by atoms with Crippen LogP contribution in [0.5, 0.6) is 0 Å². The van der Waals surface area contributed by atoms with E-state index in [1.165, 1.54) is 11.0 Å². The van der Waals surface area contributed by atoms with Crippen molar-refractivity contribution in [3.63, 3.8) is 0 Å². The predicted molar refractivity (Wildman–Crippen MR) is 110 cm³/mol. The minimum atomic E-state index is -3.69. The zero-order chi connectivity index (χ0) is 21.2. The molecule has 3 rings (SSSR count). The van der Waals surface area contributed by atoms with Crippen LogP contribution >= 0.6 is 0 Å². The molecule has 1 aromatic heterocycles. The highest BCUT2D eigenvalue weighted by molar-refractivity contribution is 7.92. The standard InChI is InChI=1S/C19H31N5O4S/c1-4-17(15-13-21-22(3)14(15)2)29(27,28)18(16-7-5-6-8-20-16)23-9-11-24(12-10-23)19(25)26/h4,13,16-18,20H,1,5-12H2,2-3H3,(H,25,26). The molecule has 3 heterocycles. The summed E-state index contributed by atoms with van der Waals surface area (Å²) in [4.78, 5) is 14.5. The van der Waals surface area contributed by atoms with Gasteiger partial charge in [0.15, 0.2) is 9.84 Å². The van der Waals surface area contributed by atoms with E-state index < -0.39 is 26.6 Å². The first kappa shape index (κ1) is 21.8. The fourth-order valence-electron chi connectivity index (χ4n) is 4.36. The number of piperidine rings is 1. The Bertz CT molecular complexity index is 839. The van der Waals surface area contributed by atoms with E-state index in [9.17, 15) is 18.3 Å². The Morgan fingerprint density at radius 3 is 2.52 bits per heavy atom. The van der Waals surface area contributed by atoms with E-state index in [0.29, 0.717) is 31.7 Å². The van der Waals surface area contributed by atoms with Crippen LogP contribution in [0.25, 0.3) is 0 Å². The SMILES string of the molecule is C=CC(c1cnn(C)c1C)S(=O)(=O)C(C1CCCCN1)N1CCN(C(=O)O)CC1. The Morgan fingerprint density at radius 2 is 2.03 bits per heavy atom. The van der Waals surface area contributed by atoms with Gasteiger partial charge in [0, 0.05) is 50.5 Å². The summed E-state index contributed by atoms with van der Waals surface area (Å²) >= 11 is 0. The van der Waals surface area contributed by atoms with Crippen molar-refractivity contribution in [1.29, 1.82) is 0 Å². The lowest BCUT2D eigenvalue weighted by Crippen LogP contribution is -2.61. The van der Waals surface area contributed by atoms with Gasteiger partial charge in [-0.2, -0.15) is 5.10 Å². The quantitative estimate of drug-likeness (QED) is 0.658. The monoisotopic (exact) mass is 425 g/mol. The smallest absolute Gasteiger partial charge is 0.407 e. The summed E-state index contributed by atoms with van der Waals surface area (Å²) < 4.78 is 29.5. The summed E-state index contributed by atoms with van der Waals surface area (Å²) in [7, 11) is -1.90. The number of piperazine rings is 1. The number of sulfone groups is 1. The Balaban J connectivity index is 1.94. The molecule has 0 radical (unpaired) electrons. The van der Waals surface area contributed by atoms with Crippen LogP contribution in [0.15, 0.2) is 18.9 Å². The van der Waals surface area contributed by atoms with Crippen LogP contribution in [0.4, 0.5) is 4.79 Å². The van der Waals surface area contributed by atoms with Crippen LogP contribution in [-0.2, 0) is 16.9 Å². The molecule has 1 aromatic rings. The van der Waals surface area contributed by atoms with Crippen molar-refractivity contribution in [3.8, 4) is 0 Å². The van der Waals surface area contributed by atoms with E-state index in [0.717, 1.165) is 31.5 Å². The van der Waals surface area contributed by atoms with E-state index in [1.54, 1.807) is 17.9 Å². The van der Waals surface area contributed by atoms with Crippen LogP contribution in [0.3, 0.4) is 0 Å². The predicted octanol–water partition coefficient (Wildman–Crippen LogP) is 1.13. The number of nitrogens with one attached hydrogen (secondary N) is 1. The fraction of sp³-hybridized carbons (Fsp3) is 0.684. The van der Waals surface area contributed by atoms with Gasteiger partial charge in [-0.1, -0.05) is 12.5 Å². The maximum absolute atomic E-state index is 13.9. The summed E-state index contributed by atoms with van der Waals surface area (Å²) in [5.41, 5.74) is 1.44. The minimum absolute atomic E-state index is 0.190. The van der Waals surface area contributed by atoms with Crippen molar-refractivity contribution < 1.29 is 18.3 Å². The molecule has 9 nitrogen and oxygen atoms in total. The maximum atomic E-state index is 13.9. The van der Waals surface area contributed by atoms with Crippen molar-refractivity contribution >= 4 is 15.9 Å². The van der Waals surface area contributed by atoms with Crippen LogP contribution in [0.2, 0.25) is 0 Å². The van der Waals surface area contributed by atoms with E-state index in [4.69, 9.17) is 0 Å². The summed E-state index contributed by atoms with van der Waals surface area (Å²) in [5.74, 6) is 0. The number of rotatable bonds is 6. The molecule has 2 aliphatic heterocycles. The number of aryl methyl sites for hydroxylation is 1. The lowest BCUT2D eigenvalue weighted by Gasteiger charge is -2.43. The Morgan fingerprint density at radius 1 is 1.34 bits per heavy atom. The average Bonchev–Trinajstić information content (AvgIpc) is 3.02. The number of nitrogens with zero attached hydrogens (tertiary/aromatic N) is 4. The topological polar surface area (TPSA) is 108 Å². The molecule has 0 saturated carbocycles. The fourth-order valence-corrected chi connectivity index (χ4v) is 6.83. The zero-order valence-electron chi connectivity index (χ0n) is 17.1. The van der Waals surface area contributed by atoms with Gasteiger partial charge >= 0.3 is 6.09 Å². The summed E-state index contributed by atoms with van der Waals surface area (Å²) in [6, 6.07) is -0.190. The summed E-state index contributed by atoms with van der Waals surface area (Å²) in [6.45, 7) is 7.86. The first-order chi connectivity index (χ1) is 13.8. The minimum Gasteiger partial charge on any atom is -0.465 e. The molecule has 2 N–H and O–H groups in total. The van der Waals surface area contributed by atoms with Gasteiger partial charge in [-0.3, -0.25) is 9.58 Å². The third kappa shape index (κ3) is 4.34. The largest absolute Gasteiger partial charge is 0.465 e. The third-order valence-electron chi connectivity index (χ3n) is 6.12. The van der Waals surface area contributed by atoms with E-state index in [2.05, 4.69) is 17.0 Å². The molecule has 2 saturated heterocycles. The van der Waals surface area contributed by atoms with Gasteiger partial charge in [-0.15, -0.1) is 6.58 Å². The summed E-state index contributed by atoms with van der Waals surface area (Å²) in [5, 5.41) is 15.3. The highest BCUT2D eigenvalue weighted by Gasteiger charge is 2.44. The van der Waals surface area contributed by atoms with Gasteiger partial charge in [0.1, 0.15) is 10.6 Å². The molecule has 0 bridgehead atoms. The maximum Gasteiger partial charge on any atom is 0.407 e. The lowest BCUT2D eigenvalue weighted by atomic mass is 10.0. The Kier molecular flexibility index (Phi) is 6.65. The Labute approximate surface area is 172 Å². The number of amides is 1. The average molecular weight is 426 g/mol. The van der Waals surface area contributed by atoms with Crippen LogP contribution in [0.1, 0.15) is 35.8 Å². The van der Waals surface area contributed by atoms with Gasteiger partial charge < -0.3 is 15.3 Å². The molecule has 0 aliphatic carbocycles. The van der Waals surface area contributed by atoms with Crippen molar-refractivity contribution in [2.45, 2.75) is 42.9 Å². The number of carbonyl (C=O) groups is 1. The van der Waals surface area contributed by atoms with Crippen LogP contribution in [0, 0.1) is 6.92 Å². The molecule has 2 fully saturated rings. The number of aromatic nitrogens is 2. The molecule has 1 amide bonds. The second-order valence-electron chi connectivity index (χ2n) is 7.81. The lowest BCUT2D eigenvalue weighted by molar-refractivity contribution is 0.0898. The number of carboxylic acid groups (broad SMARTS) is 1. The summed E-state index contributed by atoms with van der Waals surface area (Å²) in [6.07, 6.45) is 4.91. The van der Waals surface area contributed by atoms with Crippen molar-refractivity contribution in [3.05, 3.63) is 30.1 Å². The van der Waals surface area contributed by atoms with E-state index in [-0.39, 0.29) is 6.04 Å². The van der Waals surface area contributed by atoms with Gasteiger partial charge in [-0.25, -0.2) is 13.2 Å². The Hall–Kier alpha value is -1.91. The van der Waals surface area contributed by atoms with Gasteiger partial charge in [0.05, 0.1) is 6.20 Å². The first-order valence-corrected chi connectivity index (χ1v) is 11.7. The van der Waals surface area contributed by atoms with Crippen molar-refractivity contribution in [1.82, 2.24) is 24.9 Å².